The summed E-state index contributed by atoms with van der Waals surface area (Å²) in [6.45, 7) is 0. The van der Waals surface area contributed by atoms with Gasteiger partial charge >= 0.3 is 0 Å². The van der Waals surface area contributed by atoms with E-state index in [1.807, 2.05) is 0 Å². The molecule has 0 N–H and O–H groups in total. The lowest BCUT2D eigenvalue weighted by molar-refractivity contribution is 0.157. The number of hydrogen-bond acceptors (Lipinski definition) is 2. The summed E-state index contributed by atoms with van der Waals surface area (Å²) in [5, 5.41) is 10.4. The SMILES string of the molecule is N#CSc1c(F)cc(C#CC2CCC(C3CCC(CC4=CCCC4)CC3)CC2)cc1F. The van der Waals surface area contributed by atoms with Crippen molar-refractivity contribution in [3.8, 4) is 17.2 Å². The number of nitriles is 1. The summed E-state index contributed by atoms with van der Waals surface area (Å²) in [7, 11) is 0. The standard InChI is InChI=1S/C27H31F2NS/c28-25-16-22(17-26(29)27(25)31-18-30)6-5-19-7-11-23(12-8-19)24-13-9-21(10-14-24)15-20-3-1-2-4-20/h3,16-17,19,21,23-24H,1-2,4,7-15H2. The summed E-state index contributed by atoms with van der Waals surface area (Å²) < 4.78 is 28.0. The first-order valence-corrected chi connectivity index (χ1v) is 12.7. The monoisotopic (exact) mass is 439 g/mol. The molecule has 31 heavy (non-hydrogen) atoms. The third-order valence-corrected chi connectivity index (χ3v) is 8.27. The highest BCUT2D eigenvalue weighted by atomic mass is 32.2. The molecule has 0 radical (unpaired) electrons. The Hall–Kier alpha value is -1.78. The average molecular weight is 440 g/mol. The van der Waals surface area contributed by atoms with E-state index in [0.29, 0.717) is 23.2 Å². The molecular formula is C27H31F2NS. The first-order valence-electron chi connectivity index (χ1n) is 11.9. The summed E-state index contributed by atoms with van der Waals surface area (Å²) in [5.74, 6) is 7.77. The molecule has 164 valence electrons. The smallest absolute Gasteiger partial charge is 0.142 e. The van der Waals surface area contributed by atoms with Gasteiger partial charge in [-0.15, -0.1) is 0 Å². The van der Waals surface area contributed by atoms with Gasteiger partial charge in [0.15, 0.2) is 0 Å². The van der Waals surface area contributed by atoms with Crippen molar-refractivity contribution in [2.45, 2.75) is 81.9 Å². The number of hydrogen-bond donors (Lipinski definition) is 0. The maximum absolute atomic E-state index is 14.0. The first-order chi connectivity index (χ1) is 15.1. The van der Waals surface area contributed by atoms with Crippen molar-refractivity contribution in [2.75, 3.05) is 0 Å². The number of allylic oxidation sites excluding steroid dienone is 2. The van der Waals surface area contributed by atoms with E-state index in [1.54, 1.807) is 11.0 Å². The molecule has 0 aliphatic heterocycles. The summed E-state index contributed by atoms with van der Waals surface area (Å²) >= 11 is 0.509. The largest absolute Gasteiger partial charge is 0.206 e. The molecule has 2 fully saturated rings. The van der Waals surface area contributed by atoms with Gasteiger partial charge in [-0.05, 0) is 119 Å². The van der Waals surface area contributed by atoms with Crippen molar-refractivity contribution >= 4 is 11.8 Å². The highest BCUT2D eigenvalue weighted by Gasteiger charge is 2.30. The van der Waals surface area contributed by atoms with Crippen LogP contribution in [0.25, 0.3) is 0 Å². The fourth-order valence-electron chi connectivity index (χ4n) is 5.85. The molecule has 1 nitrogen and oxygen atoms in total. The Kier molecular flexibility index (Phi) is 7.73. The second-order valence-corrected chi connectivity index (χ2v) is 10.4. The zero-order chi connectivity index (χ0) is 21.6. The molecule has 0 amide bonds. The van der Waals surface area contributed by atoms with Gasteiger partial charge in [-0.3, -0.25) is 0 Å². The summed E-state index contributed by atoms with van der Waals surface area (Å²) in [6.07, 6.45) is 18.1. The molecule has 1 aromatic rings. The number of halogens is 2. The molecule has 0 aromatic heterocycles. The number of nitrogens with zero attached hydrogens (tertiary/aromatic N) is 1. The predicted molar refractivity (Wildman–Crippen MR) is 122 cm³/mol. The second kappa shape index (κ2) is 10.7. The maximum Gasteiger partial charge on any atom is 0.142 e. The molecule has 0 heterocycles. The minimum absolute atomic E-state index is 0.247. The number of benzene rings is 1. The van der Waals surface area contributed by atoms with Crippen molar-refractivity contribution in [3.63, 3.8) is 0 Å². The molecule has 4 heteroatoms. The van der Waals surface area contributed by atoms with Gasteiger partial charge in [-0.1, -0.05) is 23.5 Å². The molecule has 1 aromatic carbocycles. The van der Waals surface area contributed by atoms with Crippen LogP contribution in [0.1, 0.15) is 82.6 Å². The van der Waals surface area contributed by atoms with E-state index in [2.05, 4.69) is 17.9 Å². The number of thiocyanates is 1. The van der Waals surface area contributed by atoms with Gasteiger partial charge < -0.3 is 0 Å². The van der Waals surface area contributed by atoms with Crippen LogP contribution in [0.5, 0.6) is 0 Å². The van der Waals surface area contributed by atoms with E-state index in [-0.39, 0.29) is 4.90 Å². The lowest BCUT2D eigenvalue weighted by Crippen LogP contribution is -2.25. The molecule has 0 atom stereocenters. The Morgan fingerprint density at radius 1 is 0.935 bits per heavy atom. The molecule has 3 aliphatic rings. The summed E-state index contributed by atoms with van der Waals surface area (Å²) in [6, 6.07) is 2.48. The minimum atomic E-state index is -0.709. The van der Waals surface area contributed by atoms with Gasteiger partial charge in [0, 0.05) is 11.5 Å². The fourth-order valence-corrected chi connectivity index (χ4v) is 6.26. The van der Waals surface area contributed by atoms with E-state index in [9.17, 15) is 8.78 Å². The third kappa shape index (κ3) is 5.93. The van der Waals surface area contributed by atoms with Crippen molar-refractivity contribution in [1.29, 1.82) is 5.26 Å². The van der Waals surface area contributed by atoms with E-state index in [1.165, 1.54) is 76.3 Å². The van der Waals surface area contributed by atoms with Crippen molar-refractivity contribution in [2.24, 2.45) is 23.7 Å². The Balaban J connectivity index is 1.24. The fraction of sp³-hybridized carbons (Fsp3) is 0.593. The van der Waals surface area contributed by atoms with Crippen LogP contribution in [0.3, 0.4) is 0 Å². The quantitative estimate of drug-likeness (QED) is 0.205. The van der Waals surface area contributed by atoms with Crippen LogP contribution in [-0.2, 0) is 0 Å². The summed E-state index contributed by atoms with van der Waals surface area (Å²) in [4.78, 5) is -0.247. The van der Waals surface area contributed by atoms with Crippen molar-refractivity contribution in [1.82, 2.24) is 0 Å². The van der Waals surface area contributed by atoms with E-state index >= 15 is 0 Å². The Morgan fingerprint density at radius 2 is 1.58 bits per heavy atom. The highest BCUT2D eigenvalue weighted by molar-refractivity contribution is 8.03. The number of rotatable bonds is 4. The molecule has 4 rings (SSSR count). The average Bonchev–Trinajstić information content (AvgIpc) is 3.29. The van der Waals surface area contributed by atoms with Gasteiger partial charge in [0.05, 0.1) is 4.90 Å². The van der Waals surface area contributed by atoms with Gasteiger partial charge in [0.25, 0.3) is 0 Å². The lowest BCUT2D eigenvalue weighted by Gasteiger charge is -2.37. The Labute approximate surface area is 189 Å². The van der Waals surface area contributed by atoms with Crippen LogP contribution in [-0.4, -0.2) is 0 Å². The van der Waals surface area contributed by atoms with Crippen LogP contribution in [0.2, 0.25) is 0 Å². The maximum atomic E-state index is 14.0. The van der Waals surface area contributed by atoms with Crippen LogP contribution < -0.4 is 0 Å². The molecule has 0 spiro atoms. The van der Waals surface area contributed by atoms with E-state index in [4.69, 9.17) is 5.26 Å². The second-order valence-electron chi connectivity index (χ2n) is 9.58. The molecule has 0 saturated heterocycles. The lowest BCUT2D eigenvalue weighted by atomic mass is 9.68. The summed E-state index contributed by atoms with van der Waals surface area (Å²) in [5.41, 5.74) is 2.08. The normalized spacial score (nSPS) is 28.4. The van der Waals surface area contributed by atoms with Crippen molar-refractivity contribution in [3.05, 3.63) is 41.0 Å². The Bertz CT molecular complexity index is 880. The molecule has 0 bridgehead atoms. The van der Waals surface area contributed by atoms with E-state index < -0.39 is 11.6 Å². The predicted octanol–water partition coefficient (Wildman–Crippen LogP) is 8.00. The third-order valence-electron chi connectivity index (χ3n) is 7.58. The van der Waals surface area contributed by atoms with Crippen LogP contribution >= 0.6 is 11.8 Å². The van der Waals surface area contributed by atoms with Gasteiger partial charge in [-0.2, -0.15) is 5.26 Å². The van der Waals surface area contributed by atoms with Crippen LogP contribution in [0, 0.1) is 57.8 Å². The highest BCUT2D eigenvalue weighted by Crippen LogP contribution is 2.43. The molecule has 2 saturated carbocycles. The minimum Gasteiger partial charge on any atom is -0.206 e. The van der Waals surface area contributed by atoms with E-state index in [0.717, 1.165) is 30.6 Å². The van der Waals surface area contributed by atoms with Gasteiger partial charge in [-0.25, -0.2) is 8.78 Å². The van der Waals surface area contributed by atoms with Crippen LogP contribution in [0.15, 0.2) is 28.7 Å². The first kappa shape index (κ1) is 22.4. The Morgan fingerprint density at radius 3 is 2.16 bits per heavy atom. The molecule has 0 unspecified atom stereocenters. The van der Waals surface area contributed by atoms with Crippen molar-refractivity contribution < 1.29 is 8.78 Å². The number of thioether (sulfide) groups is 1. The molecular weight excluding hydrogens is 408 g/mol. The zero-order valence-electron chi connectivity index (χ0n) is 18.1. The van der Waals surface area contributed by atoms with Crippen LogP contribution in [0.4, 0.5) is 8.78 Å². The molecule has 3 aliphatic carbocycles. The topological polar surface area (TPSA) is 23.8 Å². The zero-order valence-corrected chi connectivity index (χ0v) is 19.0. The van der Waals surface area contributed by atoms with Gasteiger partial charge in [0.1, 0.15) is 17.0 Å². The van der Waals surface area contributed by atoms with Gasteiger partial charge in [0.2, 0.25) is 0 Å².